The van der Waals surface area contributed by atoms with E-state index in [1.165, 1.54) is 0 Å². The molecule has 0 radical (unpaired) electrons. The molecule has 5 nitrogen and oxygen atoms in total. The summed E-state index contributed by atoms with van der Waals surface area (Å²) in [5.41, 5.74) is 0.296. The van der Waals surface area contributed by atoms with E-state index < -0.39 is 0 Å². The van der Waals surface area contributed by atoms with Crippen molar-refractivity contribution >= 4 is 6.21 Å². The van der Waals surface area contributed by atoms with Gasteiger partial charge in [0.1, 0.15) is 6.23 Å². The minimum Gasteiger partial charge on any atom is -0.361 e. The second-order valence-electron chi connectivity index (χ2n) is 6.18. The van der Waals surface area contributed by atoms with E-state index in [4.69, 9.17) is 4.74 Å². The summed E-state index contributed by atoms with van der Waals surface area (Å²) >= 11 is 0. The van der Waals surface area contributed by atoms with Crippen LogP contribution in [-0.4, -0.2) is 62.8 Å². The van der Waals surface area contributed by atoms with E-state index in [0.717, 1.165) is 39.5 Å². The van der Waals surface area contributed by atoms with Gasteiger partial charge in [0.15, 0.2) is 0 Å². The maximum Gasteiger partial charge on any atom is 0.120 e. The molecular formula is C13H26N4O. The summed E-state index contributed by atoms with van der Waals surface area (Å²) in [5, 5.41) is 7.03. The summed E-state index contributed by atoms with van der Waals surface area (Å²) in [6.45, 7) is 12.2. The topological polar surface area (TPSA) is 48.9 Å². The number of aliphatic imine (C=N–C) groups is 1. The average molecular weight is 254 g/mol. The summed E-state index contributed by atoms with van der Waals surface area (Å²) < 4.78 is 5.84. The lowest BCUT2D eigenvalue weighted by molar-refractivity contribution is -0.00240. The molecule has 2 N–H and O–H groups in total. The quantitative estimate of drug-likeness (QED) is 0.756. The van der Waals surface area contributed by atoms with Crippen molar-refractivity contribution < 1.29 is 4.74 Å². The van der Waals surface area contributed by atoms with E-state index in [2.05, 4.69) is 41.3 Å². The zero-order valence-corrected chi connectivity index (χ0v) is 11.8. The van der Waals surface area contributed by atoms with Crippen molar-refractivity contribution in [1.82, 2.24) is 15.5 Å². The highest BCUT2D eigenvalue weighted by Gasteiger charge is 2.29. The van der Waals surface area contributed by atoms with Gasteiger partial charge in [-0.15, -0.1) is 0 Å². The molecule has 2 unspecified atom stereocenters. The molecule has 0 bridgehead atoms. The Morgan fingerprint density at radius 1 is 1.33 bits per heavy atom. The third-order valence-electron chi connectivity index (χ3n) is 3.62. The predicted octanol–water partition coefficient (Wildman–Crippen LogP) is 0.281. The Kier molecular flexibility index (Phi) is 4.72. The molecule has 18 heavy (non-hydrogen) atoms. The van der Waals surface area contributed by atoms with Crippen LogP contribution in [0.2, 0.25) is 0 Å². The molecule has 104 valence electrons. The fourth-order valence-corrected chi connectivity index (χ4v) is 2.26. The molecule has 2 atom stereocenters. The van der Waals surface area contributed by atoms with E-state index in [0.29, 0.717) is 11.5 Å². The first kappa shape index (κ1) is 13.9. The van der Waals surface area contributed by atoms with Crippen LogP contribution in [-0.2, 0) is 4.74 Å². The molecule has 0 saturated carbocycles. The number of nitrogens with zero attached hydrogens (tertiary/aromatic N) is 2. The maximum atomic E-state index is 5.84. The molecule has 0 aromatic rings. The third-order valence-corrected chi connectivity index (χ3v) is 3.62. The molecule has 1 saturated heterocycles. The van der Waals surface area contributed by atoms with Gasteiger partial charge in [-0.1, -0.05) is 20.8 Å². The van der Waals surface area contributed by atoms with Gasteiger partial charge in [0.2, 0.25) is 0 Å². The van der Waals surface area contributed by atoms with E-state index in [9.17, 15) is 0 Å². The fraction of sp³-hybridized carbons (Fsp3) is 0.923. The lowest BCUT2D eigenvalue weighted by atomic mass is 9.86. The fourth-order valence-electron chi connectivity index (χ4n) is 2.26. The first-order chi connectivity index (χ1) is 8.55. The van der Waals surface area contributed by atoms with E-state index in [1.807, 2.05) is 6.21 Å². The Hall–Kier alpha value is -0.490. The highest BCUT2D eigenvalue weighted by molar-refractivity contribution is 5.61. The average Bonchev–Trinajstić information content (AvgIpc) is 2.82. The molecule has 0 aromatic heterocycles. The van der Waals surface area contributed by atoms with Crippen LogP contribution in [0.1, 0.15) is 20.8 Å². The summed E-state index contributed by atoms with van der Waals surface area (Å²) in [6.07, 6.45) is 2.11. The minimum absolute atomic E-state index is 0.145. The van der Waals surface area contributed by atoms with Gasteiger partial charge in [-0.05, 0) is 5.41 Å². The van der Waals surface area contributed by atoms with Crippen molar-refractivity contribution in [1.29, 1.82) is 0 Å². The summed E-state index contributed by atoms with van der Waals surface area (Å²) in [6, 6.07) is 0.518. The Morgan fingerprint density at radius 2 is 2.17 bits per heavy atom. The Labute approximate surface area is 110 Å². The Balaban J connectivity index is 1.59. The second kappa shape index (κ2) is 6.10. The number of ether oxygens (including phenoxy) is 1. The second-order valence-corrected chi connectivity index (χ2v) is 6.18. The zero-order chi connectivity index (χ0) is 13.0. The maximum absolute atomic E-state index is 5.84. The normalized spacial score (nSPS) is 29.9. The van der Waals surface area contributed by atoms with Crippen molar-refractivity contribution in [2.45, 2.75) is 33.0 Å². The van der Waals surface area contributed by atoms with Crippen LogP contribution in [0.5, 0.6) is 0 Å². The van der Waals surface area contributed by atoms with Crippen molar-refractivity contribution in [3.63, 3.8) is 0 Å². The molecule has 0 amide bonds. The van der Waals surface area contributed by atoms with Crippen LogP contribution >= 0.6 is 0 Å². The van der Waals surface area contributed by atoms with Gasteiger partial charge in [-0.25, -0.2) is 0 Å². The van der Waals surface area contributed by atoms with Crippen LogP contribution in [0.4, 0.5) is 0 Å². The first-order valence-electron chi connectivity index (χ1n) is 6.85. The van der Waals surface area contributed by atoms with Crippen molar-refractivity contribution in [3.05, 3.63) is 0 Å². The minimum atomic E-state index is 0.145. The Bertz CT molecular complexity index is 271. The van der Waals surface area contributed by atoms with Crippen LogP contribution in [0, 0.1) is 5.41 Å². The molecule has 2 heterocycles. The molecule has 2 aliphatic heterocycles. The Morgan fingerprint density at radius 3 is 2.72 bits per heavy atom. The molecule has 1 fully saturated rings. The van der Waals surface area contributed by atoms with Crippen LogP contribution < -0.4 is 10.6 Å². The first-order valence-corrected chi connectivity index (χ1v) is 6.85. The van der Waals surface area contributed by atoms with Gasteiger partial charge in [0.25, 0.3) is 0 Å². The van der Waals surface area contributed by atoms with Gasteiger partial charge in [-0.3, -0.25) is 15.2 Å². The summed E-state index contributed by atoms with van der Waals surface area (Å²) in [5.74, 6) is 0. The highest BCUT2D eigenvalue weighted by Crippen LogP contribution is 2.20. The number of nitrogens with one attached hydrogen (secondary N) is 2. The van der Waals surface area contributed by atoms with Crippen molar-refractivity contribution in [2.24, 2.45) is 10.4 Å². The smallest absolute Gasteiger partial charge is 0.120 e. The van der Waals surface area contributed by atoms with Crippen molar-refractivity contribution in [3.8, 4) is 0 Å². The molecule has 0 aliphatic carbocycles. The standard InChI is InChI=1S/C13H26N4O/c1-13(2,3)11-8-16-12(9-15-11)18-7-6-17-5-4-14-10-17/h4,11-12,15-16H,5-10H2,1-3H3. The lowest BCUT2D eigenvalue weighted by Crippen LogP contribution is -2.59. The van der Waals surface area contributed by atoms with Gasteiger partial charge >= 0.3 is 0 Å². The van der Waals surface area contributed by atoms with E-state index >= 15 is 0 Å². The molecule has 5 heteroatoms. The zero-order valence-electron chi connectivity index (χ0n) is 11.8. The highest BCUT2D eigenvalue weighted by atomic mass is 16.5. The van der Waals surface area contributed by atoms with Crippen LogP contribution in [0.15, 0.2) is 4.99 Å². The summed E-state index contributed by atoms with van der Waals surface area (Å²) in [4.78, 5) is 6.46. The van der Waals surface area contributed by atoms with E-state index in [-0.39, 0.29) is 6.23 Å². The van der Waals surface area contributed by atoms with Gasteiger partial charge < -0.3 is 10.1 Å². The summed E-state index contributed by atoms with van der Waals surface area (Å²) in [7, 11) is 0. The van der Waals surface area contributed by atoms with Gasteiger partial charge in [0, 0.05) is 38.4 Å². The number of piperazine rings is 1. The molecule has 2 rings (SSSR count). The van der Waals surface area contributed by atoms with Crippen LogP contribution in [0.25, 0.3) is 0 Å². The van der Waals surface area contributed by atoms with Gasteiger partial charge in [0.05, 0.1) is 13.3 Å². The SMILES string of the molecule is CC(C)(C)C1CNC(OCCN2CC=NC2)CN1. The largest absolute Gasteiger partial charge is 0.361 e. The lowest BCUT2D eigenvalue weighted by Gasteiger charge is -2.38. The molecule has 2 aliphatic rings. The third kappa shape index (κ3) is 4.02. The predicted molar refractivity (Wildman–Crippen MR) is 73.9 cm³/mol. The molecule has 0 aromatic carbocycles. The molecular weight excluding hydrogens is 228 g/mol. The number of hydrogen-bond donors (Lipinski definition) is 2. The monoisotopic (exact) mass is 254 g/mol. The number of hydrogen-bond acceptors (Lipinski definition) is 5. The van der Waals surface area contributed by atoms with E-state index in [1.54, 1.807) is 0 Å². The van der Waals surface area contributed by atoms with Gasteiger partial charge in [-0.2, -0.15) is 0 Å². The molecule has 0 spiro atoms. The number of rotatable bonds is 4. The van der Waals surface area contributed by atoms with Crippen molar-refractivity contribution in [2.75, 3.05) is 39.5 Å². The van der Waals surface area contributed by atoms with Crippen LogP contribution in [0.3, 0.4) is 0 Å².